The molecule has 5 nitrogen and oxygen atoms in total. The number of aromatic hydroxyl groups is 1. The maximum absolute atomic E-state index is 12.9. The lowest BCUT2D eigenvalue weighted by Crippen LogP contribution is -2.18. The van der Waals surface area contributed by atoms with Gasteiger partial charge in [0.15, 0.2) is 0 Å². The smallest absolute Gasteiger partial charge is 0.343 e. The summed E-state index contributed by atoms with van der Waals surface area (Å²) >= 11 is 0. The van der Waals surface area contributed by atoms with Crippen molar-refractivity contribution < 1.29 is 19.0 Å². The van der Waals surface area contributed by atoms with Crippen molar-refractivity contribution in [3.8, 4) is 5.75 Å². The van der Waals surface area contributed by atoms with Gasteiger partial charge in [0.25, 0.3) is 0 Å². The molecule has 1 aromatic heterocycles. The van der Waals surface area contributed by atoms with Crippen LogP contribution in [-0.2, 0) is 15.9 Å². The third-order valence-electron chi connectivity index (χ3n) is 6.41. The molecule has 0 amide bonds. The van der Waals surface area contributed by atoms with E-state index in [9.17, 15) is 9.90 Å². The fraction of sp³-hybridized carbons (Fsp3) is 0.393. The zero-order chi connectivity index (χ0) is 23.0. The fourth-order valence-electron chi connectivity index (χ4n) is 4.55. The summed E-state index contributed by atoms with van der Waals surface area (Å²) in [6, 6.07) is 20.1. The molecule has 1 heterocycles. The van der Waals surface area contributed by atoms with Gasteiger partial charge in [0, 0.05) is 25.2 Å². The van der Waals surface area contributed by atoms with Crippen LogP contribution in [0.3, 0.4) is 0 Å². The molecule has 174 valence electrons. The van der Waals surface area contributed by atoms with E-state index < -0.39 is 5.63 Å². The minimum atomic E-state index is -0.452. The van der Waals surface area contributed by atoms with Crippen LogP contribution in [0.1, 0.15) is 53.4 Å². The van der Waals surface area contributed by atoms with E-state index >= 15 is 0 Å². The Bertz CT molecular complexity index is 1060. The number of methoxy groups -OCH3 is 1. The molecule has 4 rings (SSSR count). The molecule has 0 bridgehead atoms. The SMILES string of the molecule is COCCOCCC(Cc1ccccc1)c1coc(=O)c(C(c2ccccc2)C2CC2)c1O. The Kier molecular flexibility index (Phi) is 7.97. The van der Waals surface area contributed by atoms with Gasteiger partial charge in [0.05, 0.1) is 18.8 Å². The predicted octanol–water partition coefficient (Wildman–Crippen LogP) is 5.27. The highest BCUT2D eigenvalue weighted by atomic mass is 16.5. The maximum Gasteiger partial charge on any atom is 0.343 e. The summed E-state index contributed by atoms with van der Waals surface area (Å²) in [6.45, 7) is 1.59. The molecule has 1 fully saturated rings. The van der Waals surface area contributed by atoms with Gasteiger partial charge in [-0.15, -0.1) is 0 Å². The van der Waals surface area contributed by atoms with Crippen molar-refractivity contribution in [2.45, 2.75) is 37.5 Å². The van der Waals surface area contributed by atoms with Crippen molar-refractivity contribution in [2.24, 2.45) is 5.92 Å². The molecular formula is C28H32O5. The van der Waals surface area contributed by atoms with E-state index in [0.29, 0.717) is 49.7 Å². The van der Waals surface area contributed by atoms with Crippen molar-refractivity contribution in [1.29, 1.82) is 0 Å². The lowest BCUT2D eigenvalue weighted by molar-refractivity contribution is 0.0668. The molecule has 1 aliphatic carbocycles. The molecule has 0 radical (unpaired) electrons. The molecule has 3 aromatic rings. The van der Waals surface area contributed by atoms with Crippen molar-refractivity contribution >= 4 is 0 Å². The Morgan fingerprint density at radius 2 is 1.70 bits per heavy atom. The van der Waals surface area contributed by atoms with Crippen LogP contribution in [0.25, 0.3) is 0 Å². The highest BCUT2D eigenvalue weighted by Crippen LogP contribution is 2.48. The first-order valence-electron chi connectivity index (χ1n) is 11.7. The summed E-state index contributed by atoms with van der Waals surface area (Å²) < 4.78 is 16.3. The monoisotopic (exact) mass is 448 g/mol. The van der Waals surface area contributed by atoms with Gasteiger partial charge in [-0.3, -0.25) is 0 Å². The van der Waals surface area contributed by atoms with Crippen LogP contribution in [0.2, 0.25) is 0 Å². The van der Waals surface area contributed by atoms with Crippen molar-refractivity contribution in [3.05, 3.63) is 99.6 Å². The molecule has 5 heteroatoms. The van der Waals surface area contributed by atoms with Crippen LogP contribution in [0, 0.1) is 5.92 Å². The number of hydrogen-bond acceptors (Lipinski definition) is 5. The van der Waals surface area contributed by atoms with Gasteiger partial charge in [-0.05, 0) is 48.6 Å². The first-order chi connectivity index (χ1) is 16.2. The van der Waals surface area contributed by atoms with E-state index in [4.69, 9.17) is 13.9 Å². The Hall–Kier alpha value is -2.89. The molecule has 33 heavy (non-hydrogen) atoms. The molecule has 1 saturated carbocycles. The summed E-state index contributed by atoms with van der Waals surface area (Å²) in [5.41, 5.74) is 2.81. The van der Waals surface area contributed by atoms with Crippen LogP contribution >= 0.6 is 0 Å². The van der Waals surface area contributed by atoms with Crippen LogP contribution in [-0.4, -0.2) is 32.0 Å². The normalized spacial score (nSPS) is 15.3. The Labute approximate surface area is 195 Å². The van der Waals surface area contributed by atoms with Crippen LogP contribution in [0.5, 0.6) is 5.75 Å². The van der Waals surface area contributed by atoms with Gasteiger partial charge in [-0.2, -0.15) is 0 Å². The number of benzene rings is 2. The Morgan fingerprint density at radius 3 is 2.36 bits per heavy atom. The highest BCUT2D eigenvalue weighted by Gasteiger charge is 2.38. The minimum Gasteiger partial charge on any atom is -0.507 e. The van der Waals surface area contributed by atoms with E-state index in [1.807, 2.05) is 48.5 Å². The van der Waals surface area contributed by atoms with Crippen molar-refractivity contribution in [1.82, 2.24) is 0 Å². The zero-order valence-electron chi connectivity index (χ0n) is 19.1. The van der Waals surface area contributed by atoms with Gasteiger partial charge in [0.1, 0.15) is 12.0 Å². The standard InChI is InChI=1S/C28H32O5/c1-31-16-17-32-15-14-23(18-20-8-4-2-5-9-20)24-19-33-28(30)26(27(24)29)25(22-12-13-22)21-10-6-3-7-11-21/h2-11,19,22-23,25,29H,12-18H2,1H3. The summed E-state index contributed by atoms with van der Waals surface area (Å²) in [7, 11) is 1.65. The lowest BCUT2D eigenvalue weighted by Gasteiger charge is -2.22. The fourth-order valence-corrected chi connectivity index (χ4v) is 4.55. The average molecular weight is 449 g/mol. The van der Waals surface area contributed by atoms with Gasteiger partial charge in [-0.25, -0.2) is 4.79 Å². The topological polar surface area (TPSA) is 68.9 Å². The molecule has 0 aliphatic heterocycles. The summed E-state index contributed by atoms with van der Waals surface area (Å²) in [6.07, 6.45) is 4.94. The van der Waals surface area contributed by atoms with Crippen LogP contribution < -0.4 is 5.63 Å². The number of hydrogen-bond donors (Lipinski definition) is 1. The molecule has 1 N–H and O–H groups in total. The second-order valence-corrected chi connectivity index (χ2v) is 8.75. The van der Waals surface area contributed by atoms with Gasteiger partial charge in [0.2, 0.25) is 0 Å². The van der Waals surface area contributed by atoms with Crippen LogP contribution in [0.15, 0.2) is 76.1 Å². The van der Waals surface area contributed by atoms with E-state index in [1.54, 1.807) is 7.11 Å². The van der Waals surface area contributed by atoms with Gasteiger partial charge >= 0.3 is 5.63 Å². The molecule has 1 aliphatic rings. The van der Waals surface area contributed by atoms with E-state index in [1.165, 1.54) is 6.26 Å². The molecular weight excluding hydrogens is 416 g/mol. The van der Waals surface area contributed by atoms with Crippen molar-refractivity contribution in [3.63, 3.8) is 0 Å². The number of ether oxygens (including phenoxy) is 2. The van der Waals surface area contributed by atoms with E-state index in [-0.39, 0.29) is 17.6 Å². The molecule has 0 spiro atoms. The molecule has 0 saturated heterocycles. The summed E-state index contributed by atoms with van der Waals surface area (Å²) in [4.78, 5) is 12.9. The lowest BCUT2D eigenvalue weighted by atomic mass is 9.84. The number of rotatable bonds is 12. The second-order valence-electron chi connectivity index (χ2n) is 8.75. The van der Waals surface area contributed by atoms with Gasteiger partial charge in [-0.1, -0.05) is 60.7 Å². The average Bonchev–Trinajstić information content (AvgIpc) is 3.67. The van der Waals surface area contributed by atoms with E-state index in [0.717, 1.165) is 24.0 Å². The largest absolute Gasteiger partial charge is 0.507 e. The third kappa shape index (κ3) is 5.92. The Balaban J connectivity index is 1.67. The van der Waals surface area contributed by atoms with Gasteiger partial charge < -0.3 is 19.0 Å². The maximum atomic E-state index is 12.9. The first kappa shape index (κ1) is 23.3. The summed E-state index contributed by atoms with van der Waals surface area (Å²) in [5, 5.41) is 11.4. The minimum absolute atomic E-state index is 0.0475. The molecule has 2 aromatic carbocycles. The first-order valence-corrected chi connectivity index (χ1v) is 11.7. The zero-order valence-corrected chi connectivity index (χ0v) is 19.1. The van der Waals surface area contributed by atoms with Crippen LogP contribution in [0.4, 0.5) is 0 Å². The highest BCUT2D eigenvalue weighted by molar-refractivity contribution is 5.46. The van der Waals surface area contributed by atoms with Crippen molar-refractivity contribution in [2.75, 3.05) is 26.9 Å². The third-order valence-corrected chi connectivity index (χ3v) is 6.41. The predicted molar refractivity (Wildman–Crippen MR) is 128 cm³/mol. The summed E-state index contributed by atoms with van der Waals surface area (Å²) in [5.74, 6) is 0.220. The second kappa shape index (κ2) is 11.3. The molecule has 2 atom stereocenters. The Morgan fingerprint density at radius 1 is 1.00 bits per heavy atom. The van der Waals surface area contributed by atoms with E-state index in [2.05, 4.69) is 12.1 Å². The molecule has 2 unspecified atom stereocenters. The quantitative estimate of drug-likeness (QED) is 0.383.